The minimum atomic E-state index is 0.654. The van der Waals surface area contributed by atoms with Gasteiger partial charge in [0.2, 0.25) is 0 Å². The summed E-state index contributed by atoms with van der Waals surface area (Å²) in [6.07, 6.45) is 7.00. The molecule has 0 fully saturated rings. The van der Waals surface area contributed by atoms with E-state index >= 15 is 0 Å². The normalized spacial score (nSPS) is 10.9. The molecule has 6 aromatic rings. The molecule has 0 saturated carbocycles. The molecule has 0 N–H and O–H groups in total. The second kappa shape index (κ2) is 10.1. The minimum absolute atomic E-state index is 0.654. The van der Waals surface area contributed by atoms with Gasteiger partial charge < -0.3 is 0 Å². The van der Waals surface area contributed by atoms with Gasteiger partial charge in [0, 0.05) is 41.5 Å². The van der Waals surface area contributed by atoms with Gasteiger partial charge in [-0.3, -0.25) is 0 Å². The van der Waals surface area contributed by atoms with E-state index in [-0.39, 0.29) is 0 Å². The molecule has 38 heavy (non-hydrogen) atoms. The number of hydrogen-bond acceptors (Lipinski definition) is 7. The lowest BCUT2D eigenvalue weighted by molar-refractivity contribution is 0.928. The lowest BCUT2D eigenvalue weighted by atomic mass is 9.94. The zero-order valence-electron chi connectivity index (χ0n) is 20.9. The molecular weight excluding hydrogens is 470 g/mol. The van der Waals surface area contributed by atoms with Crippen molar-refractivity contribution in [3.8, 4) is 56.4 Å². The third kappa shape index (κ3) is 4.90. The molecule has 7 nitrogen and oxygen atoms in total. The summed E-state index contributed by atoms with van der Waals surface area (Å²) in [6.45, 7) is 3.77. The van der Waals surface area contributed by atoms with Crippen molar-refractivity contribution < 1.29 is 0 Å². The third-order valence-corrected chi connectivity index (χ3v) is 6.13. The highest BCUT2D eigenvalue weighted by Gasteiger charge is 2.12. The molecule has 7 heteroatoms. The van der Waals surface area contributed by atoms with Crippen LogP contribution in [-0.4, -0.2) is 34.9 Å². The Morgan fingerprint density at radius 2 is 0.737 bits per heavy atom. The van der Waals surface area contributed by atoms with Crippen molar-refractivity contribution in [1.29, 1.82) is 0 Å². The fourth-order valence-corrected chi connectivity index (χ4v) is 4.35. The summed E-state index contributed by atoms with van der Waals surface area (Å²) in [5, 5.41) is 0. The van der Waals surface area contributed by atoms with E-state index in [2.05, 4.69) is 77.4 Å². The van der Waals surface area contributed by atoms with Crippen LogP contribution in [0.1, 0.15) is 11.6 Å². The number of benzene rings is 3. The smallest absolute Gasteiger partial charge is 0.163 e. The molecule has 6 rings (SSSR count). The van der Waals surface area contributed by atoms with Gasteiger partial charge in [-0.25, -0.2) is 34.9 Å². The van der Waals surface area contributed by atoms with Gasteiger partial charge in [0.1, 0.15) is 11.6 Å². The van der Waals surface area contributed by atoms with E-state index in [1.54, 1.807) is 24.8 Å². The van der Waals surface area contributed by atoms with Gasteiger partial charge in [-0.05, 0) is 66.4 Å². The molecule has 3 aromatic carbocycles. The fraction of sp³-hybridized carbons (Fsp3) is 0.0645. The summed E-state index contributed by atoms with van der Waals surface area (Å²) in [5.74, 6) is 3.44. The lowest BCUT2D eigenvalue weighted by Crippen LogP contribution is -1.99. The Labute approximate surface area is 220 Å². The van der Waals surface area contributed by atoms with Gasteiger partial charge in [-0.2, -0.15) is 0 Å². The van der Waals surface area contributed by atoms with E-state index in [0.29, 0.717) is 29.1 Å². The van der Waals surface area contributed by atoms with E-state index in [4.69, 9.17) is 0 Å². The highest BCUT2D eigenvalue weighted by molar-refractivity contribution is 5.80. The van der Waals surface area contributed by atoms with Crippen LogP contribution < -0.4 is 0 Å². The predicted molar refractivity (Wildman–Crippen MR) is 148 cm³/mol. The Morgan fingerprint density at radius 1 is 0.368 bits per heavy atom. The molecular formula is C31H23N7. The van der Waals surface area contributed by atoms with Crippen molar-refractivity contribution in [2.45, 2.75) is 13.8 Å². The molecule has 3 heterocycles. The molecule has 0 unspecified atom stereocenters. The van der Waals surface area contributed by atoms with Crippen LogP contribution in [0.25, 0.3) is 56.4 Å². The van der Waals surface area contributed by atoms with Crippen LogP contribution in [0.4, 0.5) is 0 Å². The molecule has 182 valence electrons. The molecule has 0 amide bonds. The molecule has 0 spiro atoms. The zero-order valence-corrected chi connectivity index (χ0v) is 20.9. The first-order chi connectivity index (χ1) is 18.6. The van der Waals surface area contributed by atoms with Crippen molar-refractivity contribution in [3.05, 3.63) is 115 Å². The summed E-state index contributed by atoms with van der Waals surface area (Å²) in [6, 6.07) is 26.6. The van der Waals surface area contributed by atoms with Crippen LogP contribution in [0.3, 0.4) is 0 Å². The average Bonchev–Trinajstić information content (AvgIpc) is 2.97. The molecule has 0 aliphatic heterocycles. The summed E-state index contributed by atoms with van der Waals surface area (Å²) in [4.78, 5) is 31.1. The number of aromatic nitrogens is 7. The van der Waals surface area contributed by atoms with Crippen LogP contribution in [0.15, 0.2) is 104 Å². The highest BCUT2D eigenvalue weighted by Crippen LogP contribution is 2.33. The van der Waals surface area contributed by atoms with Gasteiger partial charge in [0.15, 0.2) is 17.5 Å². The number of rotatable bonds is 5. The Kier molecular flexibility index (Phi) is 6.16. The first-order valence-electron chi connectivity index (χ1n) is 12.2. The van der Waals surface area contributed by atoms with Crippen LogP contribution in [0.2, 0.25) is 0 Å². The summed E-state index contributed by atoms with van der Waals surface area (Å²) in [7, 11) is 0. The molecule has 0 atom stereocenters. The highest BCUT2D eigenvalue weighted by atomic mass is 15.0. The van der Waals surface area contributed by atoms with E-state index < -0.39 is 0 Å². The maximum Gasteiger partial charge on any atom is 0.163 e. The Balaban J connectivity index is 1.44. The van der Waals surface area contributed by atoms with Gasteiger partial charge in [-0.15, -0.1) is 0 Å². The van der Waals surface area contributed by atoms with Crippen LogP contribution in [0, 0.1) is 13.8 Å². The van der Waals surface area contributed by atoms with E-state index in [1.165, 1.54) is 0 Å². The minimum Gasteiger partial charge on any atom is -0.237 e. The SMILES string of the molecule is Cc1nc(C)nc(-c2cc(-c3ccc(-c4ncccn4)cc3)cc(-c3ccc(-c4ncccn4)cc3)c2)n1. The predicted octanol–water partition coefficient (Wildman–Crippen LogP) is 6.40. The average molecular weight is 494 g/mol. The van der Waals surface area contributed by atoms with E-state index in [0.717, 1.165) is 38.9 Å². The second-order valence-electron chi connectivity index (χ2n) is 8.85. The maximum atomic E-state index is 4.63. The van der Waals surface area contributed by atoms with Gasteiger partial charge in [-0.1, -0.05) is 48.5 Å². The summed E-state index contributed by atoms with van der Waals surface area (Å²) < 4.78 is 0. The second-order valence-corrected chi connectivity index (χ2v) is 8.85. The maximum absolute atomic E-state index is 4.63. The molecule has 0 radical (unpaired) electrons. The first kappa shape index (κ1) is 23.2. The van der Waals surface area contributed by atoms with E-state index in [1.807, 2.05) is 50.2 Å². The van der Waals surface area contributed by atoms with Crippen LogP contribution >= 0.6 is 0 Å². The van der Waals surface area contributed by atoms with Crippen LogP contribution in [-0.2, 0) is 0 Å². The zero-order chi connectivity index (χ0) is 25.9. The van der Waals surface area contributed by atoms with Crippen molar-refractivity contribution in [3.63, 3.8) is 0 Å². The quantitative estimate of drug-likeness (QED) is 0.274. The monoisotopic (exact) mass is 493 g/mol. The fourth-order valence-electron chi connectivity index (χ4n) is 4.35. The number of hydrogen-bond donors (Lipinski definition) is 0. The van der Waals surface area contributed by atoms with Gasteiger partial charge >= 0.3 is 0 Å². The number of nitrogens with zero attached hydrogens (tertiary/aromatic N) is 7. The summed E-state index contributed by atoms with van der Waals surface area (Å²) in [5.41, 5.74) is 7.13. The Morgan fingerprint density at radius 3 is 1.16 bits per heavy atom. The van der Waals surface area contributed by atoms with Gasteiger partial charge in [0.25, 0.3) is 0 Å². The Bertz CT molecular complexity index is 1580. The topological polar surface area (TPSA) is 90.2 Å². The van der Waals surface area contributed by atoms with Crippen molar-refractivity contribution in [1.82, 2.24) is 34.9 Å². The largest absolute Gasteiger partial charge is 0.237 e. The molecule has 0 saturated heterocycles. The third-order valence-electron chi connectivity index (χ3n) is 6.13. The molecule has 3 aromatic heterocycles. The standard InChI is InChI=1S/C31H23N7/c1-20-36-21(2)38-31(37-20)28-18-26(22-5-9-24(10-6-22)29-32-13-3-14-33-29)17-27(19-28)23-7-11-25(12-8-23)30-34-15-4-16-35-30/h3-19H,1-2H3. The summed E-state index contributed by atoms with van der Waals surface area (Å²) >= 11 is 0. The molecule has 0 aliphatic carbocycles. The first-order valence-corrected chi connectivity index (χ1v) is 12.2. The lowest BCUT2D eigenvalue weighted by Gasteiger charge is -2.12. The van der Waals surface area contributed by atoms with Crippen molar-refractivity contribution in [2.75, 3.05) is 0 Å². The molecule has 0 bridgehead atoms. The molecule has 0 aliphatic rings. The Hall–Kier alpha value is -5.17. The van der Waals surface area contributed by atoms with Crippen molar-refractivity contribution >= 4 is 0 Å². The van der Waals surface area contributed by atoms with E-state index in [9.17, 15) is 0 Å². The number of aryl methyl sites for hydroxylation is 2. The van der Waals surface area contributed by atoms with Crippen LogP contribution in [0.5, 0.6) is 0 Å². The van der Waals surface area contributed by atoms with Crippen molar-refractivity contribution in [2.24, 2.45) is 0 Å². The van der Waals surface area contributed by atoms with Gasteiger partial charge in [0.05, 0.1) is 0 Å².